The fraction of sp³-hybridized carbons (Fsp3) is 0.167. The van der Waals surface area contributed by atoms with E-state index in [0.717, 1.165) is 17.3 Å². The average Bonchev–Trinajstić information content (AvgIpc) is 2.51. The van der Waals surface area contributed by atoms with Crippen molar-refractivity contribution in [3.63, 3.8) is 0 Å². The number of hydrogen-bond donors (Lipinski definition) is 1. The molecule has 22 heavy (non-hydrogen) atoms. The van der Waals surface area contributed by atoms with Gasteiger partial charge in [0.05, 0.1) is 11.2 Å². The number of halogens is 1. The zero-order valence-corrected chi connectivity index (χ0v) is 12.3. The molecule has 0 unspecified atom stereocenters. The van der Waals surface area contributed by atoms with Crippen molar-refractivity contribution in [1.29, 1.82) is 0 Å². The van der Waals surface area contributed by atoms with Gasteiger partial charge in [0.25, 0.3) is 5.56 Å². The molecule has 3 rings (SSSR count). The van der Waals surface area contributed by atoms with Crippen molar-refractivity contribution in [2.75, 3.05) is 5.32 Å². The zero-order valence-electron chi connectivity index (χ0n) is 12.3. The summed E-state index contributed by atoms with van der Waals surface area (Å²) in [6.45, 7) is 2.72. The summed E-state index contributed by atoms with van der Waals surface area (Å²) >= 11 is 0. The standard InChI is InChI=1S/C18H17FN2O/c1-2-10-21-17-9-4-3-8-15(17)16(12-18(21)22)20-14-7-5-6-13(19)11-14/h3-9,11-12,20H,2,10H2,1H3. The molecule has 0 radical (unpaired) electrons. The van der Waals surface area contributed by atoms with Gasteiger partial charge in [0.2, 0.25) is 0 Å². The maximum Gasteiger partial charge on any atom is 0.253 e. The van der Waals surface area contributed by atoms with Crippen molar-refractivity contribution in [1.82, 2.24) is 4.57 Å². The highest BCUT2D eigenvalue weighted by Crippen LogP contribution is 2.25. The number of para-hydroxylation sites is 1. The summed E-state index contributed by atoms with van der Waals surface area (Å²) in [7, 11) is 0. The zero-order chi connectivity index (χ0) is 15.5. The number of rotatable bonds is 4. The molecule has 3 nitrogen and oxygen atoms in total. The van der Waals surface area contributed by atoms with Crippen molar-refractivity contribution in [3.05, 3.63) is 70.8 Å². The predicted octanol–water partition coefficient (Wildman–Crippen LogP) is 4.29. The van der Waals surface area contributed by atoms with Crippen molar-refractivity contribution in [3.8, 4) is 0 Å². The van der Waals surface area contributed by atoms with E-state index in [4.69, 9.17) is 0 Å². The summed E-state index contributed by atoms with van der Waals surface area (Å²) in [5, 5.41) is 4.09. The van der Waals surface area contributed by atoms with Gasteiger partial charge in [0.15, 0.2) is 0 Å². The van der Waals surface area contributed by atoms with Crippen LogP contribution in [-0.4, -0.2) is 4.57 Å². The lowest BCUT2D eigenvalue weighted by Crippen LogP contribution is -2.20. The first-order valence-corrected chi connectivity index (χ1v) is 7.34. The van der Waals surface area contributed by atoms with Crippen molar-refractivity contribution >= 4 is 22.3 Å². The van der Waals surface area contributed by atoms with Crippen molar-refractivity contribution in [2.24, 2.45) is 0 Å². The molecule has 2 aromatic carbocycles. The van der Waals surface area contributed by atoms with E-state index in [9.17, 15) is 9.18 Å². The Hall–Kier alpha value is -2.62. The Kier molecular flexibility index (Phi) is 3.92. The number of hydrogen-bond acceptors (Lipinski definition) is 2. The largest absolute Gasteiger partial charge is 0.355 e. The number of fused-ring (bicyclic) bond motifs is 1. The minimum atomic E-state index is -0.311. The van der Waals surface area contributed by atoms with E-state index in [0.29, 0.717) is 17.9 Å². The Bertz CT molecular complexity index is 870. The van der Waals surface area contributed by atoms with Gasteiger partial charge in [-0.2, -0.15) is 0 Å². The van der Waals surface area contributed by atoms with Crippen LogP contribution in [0.1, 0.15) is 13.3 Å². The molecule has 0 aliphatic carbocycles. The summed E-state index contributed by atoms with van der Waals surface area (Å²) in [5.41, 5.74) is 2.14. The van der Waals surface area contributed by atoms with Gasteiger partial charge in [-0.05, 0) is 30.7 Å². The fourth-order valence-corrected chi connectivity index (χ4v) is 2.61. The third-order valence-corrected chi connectivity index (χ3v) is 3.57. The monoisotopic (exact) mass is 296 g/mol. The van der Waals surface area contributed by atoms with Gasteiger partial charge in [-0.15, -0.1) is 0 Å². The molecule has 0 spiro atoms. The van der Waals surface area contributed by atoms with E-state index >= 15 is 0 Å². The van der Waals surface area contributed by atoms with Gasteiger partial charge in [-0.1, -0.05) is 31.2 Å². The van der Waals surface area contributed by atoms with Gasteiger partial charge in [0, 0.05) is 23.7 Å². The summed E-state index contributed by atoms with van der Waals surface area (Å²) in [4.78, 5) is 12.3. The van der Waals surface area contributed by atoms with Crippen LogP contribution in [-0.2, 0) is 6.54 Å². The van der Waals surface area contributed by atoms with E-state index in [-0.39, 0.29) is 11.4 Å². The smallest absolute Gasteiger partial charge is 0.253 e. The Morgan fingerprint density at radius 3 is 2.68 bits per heavy atom. The second kappa shape index (κ2) is 6.02. The molecule has 1 heterocycles. The molecule has 4 heteroatoms. The highest BCUT2D eigenvalue weighted by Gasteiger charge is 2.08. The minimum absolute atomic E-state index is 0.0561. The molecule has 1 aromatic heterocycles. The van der Waals surface area contributed by atoms with Crippen LogP contribution in [0.3, 0.4) is 0 Å². The highest BCUT2D eigenvalue weighted by molar-refractivity contribution is 5.93. The maximum absolute atomic E-state index is 13.3. The quantitative estimate of drug-likeness (QED) is 0.779. The number of aryl methyl sites for hydroxylation is 1. The van der Waals surface area contributed by atoms with Gasteiger partial charge in [-0.25, -0.2) is 4.39 Å². The Balaban J connectivity index is 2.14. The number of benzene rings is 2. The molecule has 3 aromatic rings. The average molecular weight is 296 g/mol. The number of nitrogens with one attached hydrogen (secondary N) is 1. The molecule has 0 saturated carbocycles. The highest BCUT2D eigenvalue weighted by atomic mass is 19.1. The van der Waals surface area contributed by atoms with Crippen LogP contribution in [0.4, 0.5) is 15.8 Å². The van der Waals surface area contributed by atoms with Crippen LogP contribution in [0, 0.1) is 5.82 Å². The predicted molar refractivity (Wildman–Crippen MR) is 88.2 cm³/mol. The van der Waals surface area contributed by atoms with E-state index in [1.54, 1.807) is 22.8 Å². The summed E-state index contributed by atoms with van der Waals surface area (Å²) in [5.74, 6) is -0.311. The van der Waals surface area contributed by atoms with Gasteiger partial charge in [0.1, 0.15) is 5.82 Å². The molecule has 0 amide bonds. The normalized spacial score (nSPS) is 10.8. The van der Waals surface area contributed by atoms with Crippen LogP contribution < -0.4 is 10.9 Å². The van der Waals surface area contributed by atoms with E-state index in [1.807, 2.05) is 31.2 Å². The Morgan fingerprint density at radius 1 is 1.09 bits per heavy atom. The minimum Gasteiger partial charge on any atom is -0.355 e. The lowest BCUT2D eigenvalue weighted by molar-refractivity contribution is 0.628. The molecule has 0 aliphatic heterocycles. The molecule has 0 saturated heterocycles. The number of anilines is 2. The van der Waals surface area contributed by atoms with Crippen LogP contribution in [0.15, 0.2) is 59.4 Å². The SMILES string of the molecule is CCCn1c(=O)cc(Nc2cccc(F)c2)c2ccccc21. The number of pyridine rings is 1. The molecule has 0 atom stereocenters. The molecule has 0 aliphatic rings. The van der Waals surface area contributed by atoms with E-state index < -0.39 is 0 Å². The third-order valence-electron chi connectivity index (χ3n) is 3.57. The van der Waals surface area contributed by atoms with Crippen LogP contribution in [0.25, 0.3) is 10.9 Å². The third kappa shape index (κ3) is 2.72. The van der Waals surface area contributed by atoms with Crippen LogP contribution in [0.2, 0.25) is 0 Å². The maximum atomic E-state index is 13.3. The molecular weight excluding hydrogens is 279 g/mol. The van der Waals surface area contributed by atoms with Gasteiger partial charge >= 0.3 is 0 Å². The second-order valence-electron chi connectivity index (χ2n) is 5.20. The summed E-state index contributed by atoms with van der Waals surface area (Å²) in [6, 6.07) is 15.5. The molecule has 0 fully saturated rings. The topological polar surface area (TPSA) is 34.0 Å². The number of nitrogens with zero attached hydrogens (tertiary/aromatic N) is 1. The van der Waals surface area contributed by atoms with E-state index in [2.05, 4.69) is 5.32 Å². The first-order chi connectivity index (χ1) is 10.7. The molecule has 112 valence electrons. The van der Waals surface area contributed by atoms with Crippen LogP contribution in [0.5, 0.6) is 0 Å². The lowest BCUT2D eigenvalue weighted by Gasteiger charge is -2.14. The van der Waals surface area contributed by atoms with Gasteiger partial charge in [-0.3, -0.25) is 4.79 Å². The van der Waals surface area contributed by atoms with E-state index in [1.165, 1.54) is 12.1 Å². The lowest BCUT2D eigenvalue weighted by atomic mass is 10.1. The second-order valence-corrected chi connectivity index (χ2v) is 5.20. The fourth-order valence-electron chi connectivity index (χ4n) is 2.61. The van der Waals surface area contributed by atoms with Crippen molar-refractivity contribution < 1.29 is 4.39 Å². The molecular formula is C18H17FN2O. The summed E-state index contributed by atoms with van der Waals surface area (Å²) < 4.78 is 15.1. The van der Waals surface area contributed by atoms with Gasteiger partial charge < -0.3 is 9.88 Å². The Labute approximate surface area is 128 Å². The summed E-state index contributed by atoms with van der Waals surface area (Å²) in [6.07, 6.45) is 0.889. The first-order valence-electron chi connectivity index (χ1n) is 7.34. The molecule has 0 bridgehead atoms. The Morgan fingerprint density at radius 2 is 1.91 bits per heavy atom. The number of aromatic nitrogens is 1. The first kappa shape index (κ1) is 14.3. The molecule has 1 N–H and O–H groups in total. The van der Waals surface area contributed by atoms with Crippen molar-refractivity contribution in [2.45, 2.75) is 19.9 Å². The van der Waals surface area contributed by atoms with Crippen LogP contribution >= 0.6 is 0 Å².